The number of aliphatic hydroxyl groups excluding tert-OH is 2. The summed E-state index contributed by atoms with van der Waals surface area (Å²) in [5.74, 6) is -3.09. The fourth-order valence-corrected chi connectivity index (χ4v) is 12.4. The summed E-state index contributed by atoms with van der Waals surface area (Å²) >= 11 is 1.48. The molecule has 0 unspecified atom stereocenters. The lowest BCUT2D eigenvalue weighted by molar-refractivity contribution is -0.201. The number of anilines is 1. The van der Waals surface area contributed by atoms with E-state index in [-0.39, 0.29) is 54.2 Å². The van der Waals surface area contributed by atoms with E-state index in [1.165, 1.54) is 24.3 Å². The van der Waals surface area contributed by atoms with Crippen LogP contribution < -0.4 is 10.6 Å². The highest BCUT2D eigenvalue weighted by Crippen LogP contribution is 2.70. The van der Waals surface area contributed by atoms with Crippen LogP contribution >= 0.6 is 11.8 Å². The molecule has 0 aromatic heterocycles. The summed E-state index contributed by atoms with van der Waals surface area (Å²) in [6.45, 7) is 10.8. The molecule has 6 aliphatic rings. The first-order chi connectivity index (χ1) is 30.0. The Kier molecular flexibility index (Phi) is 12.2. The largest absolute Gasteiger partial charge is 0.393 e. The van der Waals surface area contributed by atoms with E-state index in [1.54, 1.807) is 13.0 Å². The standard InChI is InChI=1S/C49H55N3O10S/c1-27-17-19-47(4)31(21-27)11-14-35-36-24-40-49(39(56)26-53,48(36,5)25-38(55)44(35)47)62-46(61-40)30-9-12-33(13-10-30)63-34-8-6-7-32(23-34)51-45(60)28(2)22-37(54)29(3)50-41(57)18-20-52-42(58)15-16-43(52)59/h6-10,12-13,15-17,19,21,23,28-29,35-36,38,40,44,46,53,55H,1,11,14,18,20,22,24-26H2,2-5H3,(H,50,57)(H,51,60)/t28-,29+,35+,36+,38+,40-,44-,46-,47+,48+,49-/m1/s1. The highest BCUT2D eigenvalue weighted by Gasteiger charge is 2.75. The summed E-state index contributed by atoms with van der Waals surface area (Å²) < 4.78 is 13.4. The Morgan fingerprint density at radius 3 is 2.46 bits per heavy atom. The topological polar surface area (TPSA) is 189 Å². The number of ketones is 2. The number of hydrogen-bond donors (Lipinski definition) is 4. The Labute approximate surface area is 371 Å². The van der Waals surface area contributed by atoms with Crippen LogP contribution in [0.1, 0.15) is 78.1 Å². The number of carbonyl (C=O) groups is 6. The monoisotopic (exact) mass is 877 g/mol. The fraction of sp³-hybridized carbons (Fsp3) is 0.469. The van der Waals surface area contributed by atoms with Gasteiger partial charge < -0.3 is 30.3 Å². The molecule has 0 spiro atoms. The van der Waals surface area contributed by atoms with E-state index in [9.17, 15) is 39.0 Å². The van der Waals surface area contributed by atoms with Gasteiger partial charge in [0.05, 0.1) is 18.2 Å². The predicted molar refractivity (Wildman–Crippen MR) is 234 cm³/mol. The van der Waals surface area contributed by atoms with Crippen molar-refractivity contribution in [3.63, 3.8) is 0 Å². The minimum atomic E-state index is -1.41. The van der Waals surface area contributed by atoms with E-state index < -0.39 is 71.6 Å². The van der Waals surface area contributed by atoms with Crippen LogP contribution in [-0.4, -0.2) is 87.3 Å². The van der Waals surface area contributed by atoms with Gasteiger partial charge in [-0.15, -0.1) is 0 Å². The van der Waals surface area contributed by atoms with Crippen LogP contribution in [0.25, 0.3) is 0 Å². The number of amides is 4. The van der Waals surface area contributed by atoms with E-state index in [0.717, 1.165) is 50.8 Å². The molecule has 63 heavy (non-hydrogen) atoms. The lowest BCUT2D eigenvalue weighted by Crippen LogP contribution is -2.63. The third-order valence-electron chi connectivity index (χ3n) is 14.7. The number of benzene rings is 2. The second-order valence-corrected chi connectivity index (χ2v) is 19.6. The summed E-state index contributed by atoms with van der Waals surface area (Å²) in [7, 11) is 0. The number of aliphatic hydroxyl groups is 2. The molecular weight excluding hydrogens is 823 g/mol. The summed E-state index contributed by atoms with van der Waals surface area (Å²) in [5, 5.41) is 27.8. The van der Waals surface area contributed by atoms with Gasteiger partial charge in [-0.25, -0.2) is 0 Å². The number of imide groups is 1. The average Bonchev–Trinajstić information content (AvgIpc) is 3.87. The smallest absolute Gasteiger partial charge is 0.253 e. The fourth-order valence-electron chi connectivity index (χ4n) is 11.5. The van der Waals surface area contributed by atoms with Gasteiger partial charge in [-0.3, -0.25) is 33.7 Å². The molecule has 8 rings (SSSR count). The Morgan fingerprint density at radius 2 is 1.75 bits per heavy atom. The lowest BCUT2D eigenvalue weighted by Gasteiger charge is -2.59. The van der Waals surface area contributed by atoms with Crippen molar-refractivity contribution >= 4 is 52.6 Å². The normalized spacial score (nSPS) is 32.6. The van der Waals surface area contributed by atoms with Crippen LogP contribution in [0.4, 0.5) is 5.69 Å². The maximum absolute atomic E-state index is 14.0. The first-order valence-electron chi connectivity index (χ1n) is 21.8. The molecule has 11 atom stereocenters. The summed E-state index contributed by atoms with van der Waals surface area (Å²) in [6.07, 6.45) is 9.06. The highest BCUT2D eigenvalue weighted by molar-refractivity contribution is 7.99. The summed E-state index contributed by atoms with van der Waals surface area (Å²) in [4.78, 5) is 78.5. The minimum Gasteiger partial charge on any atom is -0.393 e. The number of hydrogen-bond acceptors (Lipinski definition) is 11. The van der Waals surface area contributed by atoms with Crippen LogP contribution in [-0.2, 0) is 38.2 Å². The quantitative estimate of drug-likeness (QED) is 0.169. The molecule has 2 aliphatic heterocycles. The third-order valence-corrected chi connectivity index (χ3v) is 15.7. The van der Waals surface area contributed by atoms with E-state index in [4.69, 9.17) is 9.47 Å². The van der Waals surface area contributed by atoms with Crippen molar-refractivity contribution in [3.05, 3.63) is 102 Å². The number of rotatable bonds is 14. The van der Waals surface area contributed by atoms with Gasteiger partial charge in [0.2, 0.25) is 11.8 Å². The SMILES string of the molecule is C=C1C=C[C@@]2(C)C(=C1)CC[C@@H]1[C@@H]2[C@@H](O)C[C@@]2(C)[C@H]1C[C@H]1O[C@@H](c3ccc(Sc4cccc(NC(=O)[C@H](C)CC(=O)[C@H](C)NC(=O)CCN5C(=O)C=CC5=O)c4)cc3)O[C@]12C(=O)CO. The van der Waals surface area contributed by atoms with Gasteiger partial charge in [0.15, 0.2) is 23.5 Å². The molecule has 4 amide bonds. The molecule has 2 aromatic rings. The maximum atomic E-state index is 14.0. The second-order valence-electron chi connectivity index (χ2n) is 18.5. The zero-order valence-electron chi connectivity index (χ0n) is 36.0. The number of allylic oxidation sites excluding steroid dienone is 5. The number of ether oxygens (including phenoxy) is 2. The molecule has 332 valence electrons. The molecule has 0 radical (unpaired) electrons. The van der Waals surface area contributed by atoms with Crippen molar-refractivity contribution in [2.24, 2.45) is 34.5 Å². The van der Waals surface area contributed by atoms with Crippen molar-refractivity contribution in [1.82, 2.24) is 10.2 Å². The van der Waals surface area contributed by atoms with Gasteiger partial charge in [0.1, 0.15) is 6.61 Å². The Hall–Kier alpha value is -4.99. The molecule has 1 saturated heterocycles. The van der Waals surface area contributed by atoms with Gasteiger partial charge in [-0.05, 0) is 80.3 Å². The Morgan fingerprint density at radius 1 is 1.02 bits per heavy atom. The number of Topliss-reactive ketones (excluding diaryl/α,β-unsaturated/α-hetero) is 2. The third kappa shape index (κ3) is 7.98. The summed E-state index contributed by atoms with van der Waals surface area (Å²) in [6, 6.07) is 14.1. The molecule has 2 aromatic carbocycles. The van der Waals surface area contributed by atoms with E-state index >= 15 is 0 Å². The van der Waals surface area contributed by atoms with Crippen LogP contribution in [0.15, 0.2) is 106 Å². The molecule has 4 N–H and O–H groups in total. The van der Waals surface area contributed by atoms with Crippen LogP contribution in [0.2, 0.25) is 0 Å². The first-order valence-corrected chi connectivity index (χ1v) is 22.6. The van der Waals surface area contributed by atoms with Crippen molar-refractivity contribution < 1.29 is 48.5 Å². The van der Waals surface area contributed by atoms with Gasteiger partial charge in [0, 0.05) is 75.2 Å². The van der Waals surface area contributed by atoms with Crippen LogP contribution in [0.5, 0.6) is 0 Å². The van der Waals surface area contributed by atoms with Crippen molar-refractivity contribution in [3.8, 4) is 0 Å². The van der Waals surface area contributed by atoms with Crippen LogP contribution in [0, 0.1) is 34.5 Å². The summed E-state index contributed by atoms with van der Waals surface area (Å²) in [5.41, 5.74) is 1.07. The van der Waals surface area contributed by atoms with Crippen molar-refractivity contribution in [1.29, 1.82) is 0 Å². The van der Waals surface area contributed by atoms with Gasteiger partial charge in [0.25, 0.3) is 11.8 Å². The molecule has 2 heterocycles. The minimum absolute atomic E-state index is 0.0192. The van der Waals surface area contributed by atoms with Crippen molar-refractivity contribution in [2.75, 3.05) is 18.5 Å². The molecule has 3 saturated carbocycles. The lowest BCUT2D eigenvalue weighted by atomic mass is 9.46. The second kappa shape index (κ2) is 17.2. The van der Waals surface area contributed by atoms with Crippen molar-refractivity contribution in [2.45, 2.75) is 106 Å². The van der Waals surface area contributed by atoms with E-state index in [2.05, 4.69) is 43.2 Å². The number of nitrogens with zero attached hydrogens (tertiary/aromatic N) is 1. The number of fused-ring (bicyclic) bond motifs is 7. The number of nitrogens with one attached hydrogen (secondary N) is 2. The van der Waals surface area contributed by atoms with E-state index in [1.807, 2.05) is 48.5 Å². The molecular formula is C49H55N3O10S. The van der Waals surface area contributed by atoms with Gasteiger partial charge in [-0.2, -0.15) is 0 Å². The molecule has 0 bridgehead atoms. The average molecular weight is 878 g/mol. The Balaban J connectivity index is 0.869. The zero-order valence-corrected chi connectivity index (χ0v) is 36.8. The van der Waals surface area contributed by atoms with E-state index in [0.29, 0.717) is 18.5 Å². The molecule has 14 heteroatoms. The maximum Gasteiger partial charge on any atom is 0.253 e. The predicted octanol–water partition coefficient (Wildman–Crippen LogP) is 5.78. The highest BCUT2D eigenvalue weighted by atomic mass is 32.2. The molecule has 13 nitrogen and oxygen atoms in total. The van der Waals surface area contributed by atoms with Gasteiger partial charge >= 0.3 is 0 Å². The molecule has 4 fully saturated rings. The Bertz CT molecular complexity index is 2320. The van der Waals surface area contributed by atoms with Gasteiger partial charge in [-0.1, -0.05) is 81.1 Å². The zero-order chi connectivity index (χ0) is 45.0. The van der Waals surface area contributed by atoms with Crippen LogP contribution in [0.3, 0.4) is 0 Å². The molecule has 4 aliphatic carbocycles. The number of carbonyl (C=O) groups excluding carboxylic acids is 6. The first kappa shape index (κ1) is 44.6.